The number of methoxy groups -OCH3 is 1. The molecule has 0 spiro atoms. The number of nitrogens with zero attached hydrogens (tertiary/aromatic N) is 1. The molecule has 2 atom stereocenters. The van der Waals surface area contributed by atoms with Crippen molar-refractivity contribution >= 4 is 16.8 Å². The second-order valence-corrected chi connectivity index (χ2v) is 8.31. The maximum absolute atomic E-state index is 13.0. The van der Waals surface area contributed by atoms with Gasteiger partial charge in [-0.15, -0.1) is 13.2 Å². The summed E-state index contributed by atoms with van der Waals surface area (Å²) in [4.78, 5) is 16.9. The van der Waals surface area contributed by atoms with Gasteiger partial charge in [-0.3, -0.25) is 4.79 Å². The number of amides is 1. The minimum absolute atomic E-state index is 0.0576. The van der Waals surface area contributed by atoms with E-state index in [1.54, 1.807) is 20.1 Å². The van der Waals surface area contributed by atoms with Crippen LogP contribution in [0.25, 0.3) is 10.9 Å². The number of hydrogen-bond donors (Lipinski definition) is 1. The van der Waals surface area contributed by atoms with Crippen molar-refractivity contribution in [2.45, 2.75) is 57.4 Å². The van der Waals surface area contributed by atoms with Crippen LogP contribution in [0, 0.1) is 12.8 Å². The molecule has 2 fully saturated rings. The summed E-state index contributed by atoms with van der Waals surface area (Å²) < 4.78 is 48.6. The van der Waals surface area contributed by atoms with Gasteiger partial charge in [0.2, 0.25) is 0 Å². The lowest BCUT2D eigenvalue weighted by molar-refractivity contribution is -0.274. The van der Waals surface area contributed by atoms with Crippen LogP contribution in [0.2, 0.25) is 0 Å². The van der Waals surface area contributed by atoms with Crippen LogP contribution in [0.1, 0.15) is 59.6 Å². The number of nitrogens with one attached hydrogen (secondary N) is 1. The average Bonchev–Trinajstić information content (AvgIpc) is 3.43. The number of alkyl halides is 3. The number of pyridine rings is 1. The molecule has 0 saturated heterocycles. The summed E-state index contributed by atoms with van der Waals surface area (Å²) in [6.07, 6.45) is 0.111. The van der Waals surface area contributed by atoms with Gasteiger partial charge in [-0.1, -0.05) is 0 Å². The van der Waals surface area contributed by atoms with Gasteiger partial charge in [0.15, 0.2) is 5.75 Å². The zero-order valence-electron chi connectivity index (χ0n) is 17.0. The highest BCUT2D eigenvalue weighted by Gasteiger charge is 2.34. The molecular formula is C22H25F3N2O3. The molecule has 1 heterocycles. The molecule has 0 aliphatic heterocycles. The van der Waals surface area contributed by atoms with Crippen molar-refractivity contribution in [2.24, 2.45) is 5.92 Å². The van der Waals surface area contributed by atoms with Crippen molar-refractivity contribution in [3.63, 3.8) is 0 Å². The van der Waals surface area contributed by atoms with E-state index in [1.165, 1.54) is 6.07 Å². The second kappa shape index (κ2) is 8.06. The number of hydrogen-bond acceptors (Lipinski definition) is 4. The van der Waals surface area contributed by atoms with E-state index in [9.17, 15) is 18.0 Å². The molecule has 2 aliphatic rings. The van der Waals surface area contributed by atoms with Crippen molar-refractivity contribution in [1.82, 2.24) is 10.3 Å². The van der Waals surface area contributed by atoms with E-state index in [1.807, 2.05) is 6.07 Å². The Labute approximate surface area is 173 Å². The molecule has 162 valence electrons. The molecule has 1 aromatic carbocycles. The lowest BCUT2D eigenvalue weighted by Gasteiger charge is -2.16. The van der Waals surface area contributed by atoms with E-state index < -0.39 is 12.3 Å². The predicted molar refractivity (Wildman–Crippen MR) is 106 cm³/mol. The van der Waals surface area contributed by atoms with Crippen LogP contribution in [-0.4, -0.2) is 37.0 Å². The molecule has 5 nitrogen and oxygen atoms in total. The minimum Gasteiger partial charge on any atom is -0.403 e. The number of benzene rings is 1. The highest BCUT2D eigenvalue weighted by Crippen LogP contribution is 2.44. The number of aryl methyl sites for hydroxylation is 1. The van der Waals surface area contributed by atoms with Gasteiger partial charge in [-0.05, 0) is 80.2 Å². The van der Waals surface area contributed by atoms with Crippen molar-refractivity contribution in [3.8, 4) is 5.75 Å². The minimum atomic E-state index is -4.83. The number of carbonyl (C=O) groups is 1. The lowest BCUT2D eigenvalue weighted by Crippen LogP contribution is -2.29. The molecular weight excluding hydrogens is 397 g/mol. The topological polar surface area (TPSA) is 60.5 Å². The fourth-order valence-corrected chi connectivity index (χ4v) is 4.21. The molecule has 0 radical (unpaired) electrons. The van der Waals surface area contributed by atoms with E-state index in [0.29, 0.717) is 23.4 Å². The summed E-state index contributed by atoms with van der Waals surface area (Å²) in [6.45, 7) is 2.26. The van der Waals surface area contributed by atoms with Crippen LogP contribution in [-0.2, 0) is 4.74 Å². The average molecular weight is 422 g/mol. The summed E-state index contributed by atoms with van der Waals surface area (Å²) in [7, 11) is 1.68. The van der Waals surface area contributed by atoms with Crippen LogP contribution in [0.4, 0.5) is 13.2 Å². The smallest absolute Gasteiger partial charge is 0.403 e. The second-order valence-electron chi connectivity index (χ2n) is 8.31. The standard InChI is InChI=1S/C22H25F3N2O3/c1-12-7-18(21(28)26-11-13-3-6-16(8-13)29-2)27-20-17(12)9-15(14-4-5-14)10-19(20)30-22(23,24)25/h7,9-10,13-14,16H,3-6,8,11H2,1-2H3,(H,26,28)/t13?,16-/m1/s1. The number of carbonyl (C=O) groups excluding carboxylic acids is 1. The lowest BCUT2D eigenvalue weighted by atomic mass is 10.0. The zero-order valence-corrected chi connectivity index (χ0v) is 17.0. The van der Waals surface area contributed by atoms with Crippen molar-refractivity contribution in [2.75, 3.05) is 13.7 Å². The number of halogens is 3. The predicted octanol–water partition coefficient (Wildman–Crippen LogP) is 4.86. The highest BCUT2D eigenvalue weighted by molar-refractivity contribution is 5.97. The van der Waals surface area contributed by atoms with E-state index in [2.05, 4.69) is 15.0 Å². The Bertz CT molecular complexity index is 957. The van der Waals surface area contributed by atoms with Gasteiger partial charge in [0, 0.05) is 19.0 Å². The number of rotatable bonds is 6. The van der Waals surface area contributed by atoms with Crippen LogP contribution < -0.4 is 10.1 Å². The molecule has 30 heavy (non-hydrogen) atoms. The summed E-state index contributed by atoms with van der Waals surface area (Å²) in [5.41, 5.74) is 1.66. The Morgan fingerprint density at radius 3 is 2.60 bits per heavy atom. The third-order valence-electron chi connectivity index (χ3n) is 5.99. The van der Waals surface area contributed by atoms with Gasteiger partial charge >= 0.3 is 6.36 Å². The first-order valence-corrected chi connectivity index (χ1v) is 10.3. The summed E-state index contributed by atoms with van der Waals surface area (Å²) in [5.74, 6) is -0.163. The number of fused-ring (bicyclic) bond motifs is 1. The Hall–Kier alpha value is -2.35. The first-order valence-electron chi connectivity index (χ1n) is 10.3. The van der Waals surface area contributed by atoms with E-state index in [4.69, 9.17) is 4.74 Å². The van der Waals surface area contributed by atoms with Crippen LogP contribution in [0.3, 0.4) is 0 Å². The van der Waals surface area contributed by atoms with Gasteiger partial charge in [0.1, 0.15) is 11.2 Å². The molecule has 2 saturated carbocycles. The van der Waals surface area contributed by atoms with Crippen molar-refractivity contribution in [1.29, 1.82) is 0 Å². The Morgan fingerprint density at radius 1 is 1.20 bits per heavy atom. The van der Waals surface area contributed by atoms with Crippen molar-refractivity contribution in [3.05, 3.63) is 35.0 Å². The largest absolute Gasteiger partial charge is 0.573 e. The molecule has 8 heteroatoms. The first kappa shape index (κ1) is 20.9. The fraction of sp³-hybridized carbons (Fsp3) is 0.545. The molecule has 2 aromatic rings. The maximum atomic E-state index is 13.0. The van der Waals surface area contributed by atoms with Gasteiger partial charge < -0.3 is 14.8 Å². The van der Waals surface area contributed by atoms with E-state index in [0.717, 1.165) is 37.7 Å². The van der Waals surface area contributed by atoms with Crippen LogP contribution >= 0.6 is 0 Å². The quantitative estimate of drug-likeness (QED) is 0.722. The van der Waals surface area contributed by atoms with E-state index >= 15 is 0 Å². The third-order valence-corrected chi connectivity index (χ3v) is 5.99. The van der Waals surface area contributed by atoms with Gasteiger partial charge in [-0.2, -0.15) is 0 Å². The molecule has 1 unspecified atom stereocenters. The van der Waals surface area contributed by atoms with E-state index in [-0.39, 0.29) is 29.0 Å². The van der Waals surface area contributed by atoms with Crippen LogP contribution in [0.5, 0.6) is 5.75 Å². The molecule has 0 bridgehead atoms. The Morgan fingerprint density at radius 2 is 1.97 bits per heavy atom. The molecule has 1 amide bonds. The number of aromatic nitrogens is 1. The Kier molecular flexibility index (Phi) is 5.61. The van der Waals surface area contributed by atoms with Gasteiger partial charge in [-0.25, -0.2) is 4.98 Å². The molecule has 1 N–H and O–H groups in total. The monoisotopic (exact) mass is 422 g/mol. The fourth-order valence-electron chi connectivity index (χ4n) is 4.21. The SMILES string of the molecule is CO[C@@H]1CCC(CNC(=O)c2cc(C)c3cc(C4CC4)cc(OC(F)(F)F)c3n2)C1. The number of ether oxygens (including phenoxy) is 2. The van der Waals surface area contributed by atoms with Crippen molar-refractivity contribution < 1.29 is 27.4 Å². The molecule has 4 rings (SSSR count). The Balaban J connectivity index is 1.60. The molecule has 2 aliphatic carbocycles. The van der Waals surface area contributed by atoms with Crippen LogP contribution in [0.15, 0.2) is 18.2 Å². The highest BCUT2D eigenvalue weighted by atomic mass is 19.4. The third kappa shape index (κ3) is 4.69. The van der Waals surface area contributed by atoms with Gasteiger partial charge in [0.05, 0.1) is 6.10 Å². The normalized spacial score (nSPS) is 21.8. The summed E-state index contributed by atoms with van der Waals surface area (Å²) >= 11 is 0. The first-order chi connectivity index (χ1) is 14.2. The zero-order chi connectivity index (χ0) is 21.5. The maximum Gasteiger partial charge on any atom is 0.573 e. The van der Waals surface area contributed by atoms with Gasteiger partial charge in [0.25, 0.3) is 5.91 Å². The summed E-state index contributed by atoms with van der Waals surface area (Å²) in [5, 5.41) is 3.44. The summed E-state index contributed by atoms with van der Waals surface area (Å²) in [6, 6.07) is 4.90. The molecule has 1 aromatic heterocycles.